The van der Waals surface area contributed by atoms with Crippen LogP contribution in [0.2, 0.25) is 0 Å². The van der Waals surface area contributed by atoms with Crippen molar-refractivity contribution in [3.63, 3.8) is 0 Å². The number of pyridine rings is 1. The number of aromatic nitrogens is 3. The molecule has 0 atom stereocenters. The van der Waals surface area contributed by atoms with E-state index in [1.165, 1.54) is 0 Å². The van der Waals surface area contributed by atoms with Gasteiger partial charge >= 0.3 is 0 Å². The number of anilines is 2. The highest BCUT2D eigenvalue weighted by Gasteiger charge is 2.05. The number of methoxy groups -OCH3 is 1. The molecule has 0 saturated heterocycles. The zero-order chi connectivity index (χ0) is 12.1. The molecule has 5 nitrogen and oxygen atoms in total. The maximum Gasteiger partial charge on any atom is 0.207 e. The molecule has 0 amide bonds. The monoisotopic (exact) mass is 232 g/mol. The molecule has 1 N–H and O–H groups in total. The Morgan fingerprint density at radius 1 is 1.47 bits per heavy atom. The maximum absolute atomic E-state index is 5.07. The number of aryl methyl sites for hydroxylation is 1. The summed E-state index contributed by atoms with van der Waals surface area (Å²) < 4.78 is 7.11. The van der Waals surface area contributed by atoms with E-state index < -0.39 is 0 Å². The highest BCUT2D eigenvalue weighted by Crippen LogP contribution is 2.14. The second-order valence-corrected chi connectivity index (χ2v) is 3.76. The molecule has 0 radical (unpaired) electrons. The number of hydrogen-bond acceptors (Lipinski definition) is 4. The Hall–Kier alpha value is -1.88. The second kappa shape index (κ2) is 5.45. The van der Waals surface area contributed by atoms with Crippen LogP contribution in [0.4, 0.5) is 11.6 Å². The number of rotatable bonds is 5. The second-order valence-electron chi connectivity index (χ2n) is 3.76. The summed E-state index contributed by atoms with van der Waals surface area (Å²) in [7, 11) is 1.69. The standard InChI is InChI=1S/C12H16N4O/c1-10-9-16(6-7-17-2)12(14-10)15-11-4-3-5-13-8-11/h3-5,8-9H,6-7H2,1-2H3,(H,14,15). The molecule has 0 unspecified atom stereocenters. The van der Waals surface area contributed by atoms with E-state index >= 15 is 0 Å². The fraction of sp³-hybridized carbons (Fsp3) is 0.333. The van der Waals surface area contributed by atoms with Crippen LogP contribution in [0.5, 0.6) is 0 Å². The minimum atomic E-state index is 0.664. The molecule has 0 aliphatic heterocycles. The van der Waals surface area contributed by atoms with Gasteiger partial charge in [-0.05, 0) is 19.1 Å². The molecule has 0 spiro atoms. The van der Waals surface area contributed by atoms with Crippen LogP contribution < -0.4 is 5.32 Å². The molecule has 0 saturated carbocycles. The molecule has 90 valence electrons. The van der Waals surface area contributed by atoms with Gasteiger partial charge in [-0.15, -0.1) is 0 Å². The Kier molecular flexibility index (Phi) is 3.72. The van der Waals surface area contributed by atoms with Crippen LogP contribution >= 0.6 is 0 Å². The molecule has 2 aromatic heterocycles. The van der Waals surface area contributed by atoms with Gasteiger partial charge in [0.2, 0.25) is 5.95 Å². The molecule has 2 heterocycles. The van der Waals surface area contributed by atoms with E-state index in [1.807, 2.05) is 29.8 Å². The lowest BCUT2D eigenvalue weighted by atomic mass is 10.4. The molecule has 0 fully saturated rings. The van der Waals surface area contributed by atoms with Gasteiger partial charge in [-0.25, -0.2) is 4.98 Å². The van der Waals surface area contributed by atoms with E-state index in [-0.39, 0.29) is 0 Å². The van der Waals surface area contributed by atoms with E-state index in [0.29, 0.717) is 6.61 Å². The molecule has 2 aromatic rings. The third-order valence-corrected chi connectivity index (χ3v) is 2.35. The normalized spacial score (nSPS) is 10.5. The van der Waals surface area contributed by atoms with Crippen molar-refractivity contribution in [1.29, 1.82) is 0 Å². The van der Waals surface area contributed by atoms with Crippen molar-refractivity contribution in [3.05, 3.63) is 36.4 Å². The predicted molar refractivity (Wildman–Crippen MR) is 66.4 cm³/mol. The third-order valence-electron chi connectivity index (χ3n) is 2.35. The van der Waals surface area contributed by atoms with Gasteiger partial charge in [0.15, 0.2) is 0 Å². The summed E-state index contributed by atoms with van der Waals surface area (Å²) in [4.78, 5) is 8.48. The number of nitrogens with one attached hydrogen (secondary N) is 1. The van der Waals surface area contributed by atoms with Crippen LogP contribution in [0.3, 0.4) is 0 Å². The lowest BCUT2D eigenvalue weighted by Crippen LogP contribution is -2.07. The average Bonchev–Trinajstić information content (AvgIpc) is 2.68. The maximum atomic E-state index is 5.07. The molecule has 5 heteroatoms. The van der Waals surface area contributed by atoms with Crippen molar-refractivity contribution in [1.82, 2.24) is 14.5 Å². The van der Waals surface area contributed by atoms with Crippen molar-refractivity contribution in [2.75, 3.05) is 19.0 Å². The predicted octanol–water partition coefficient (Wildman–Crippen LogP) is 1.98. The zero-order valence-corrected chi connectivity index (χ0v) is 10.1. The summed E-state index contributed by atoms with van der Waals surface area (Å²) in [5.74, 6) is 0.813. The lowest BCUT2D eigenvalue weighted by Gasteiger charge is -2.08. The van der Waals surface area contributed by atoms with E-state index in [2.05, 4.69) is 15.3 Å². The SMILES string of the molecule is COCCn1cc(C)nc1Nc1cccnc1. The largest absolute Gasteiger partial charge is 0.383 e. The first-order chi connectivity index (χ1) is 8.29. The van der Waals surface area contributed by atoms with Gasteiger partial charge in [-0.2, -0.15) is 0 Å². The first-order valence-corrected chi connectivity index (χ1v) is 5.49. The van der Waals surface area contributed by atoms with E-state index in [4.69, 9.17) is 4.74 Å². The van der Waals surface area contributed by atoms with E-state index in [1.54, 1.807) is 19.5 Å². The summed E-state index contributed by atoms with van der Waals surface area (Å²) >= 11 is 0. The summed E-state index contributed by atoms with van der Waals surface area (Å²) in [5, 5.41) is 3.24. The summed E-state index contributed by atoms with van der Waals surface area (Å²) in [6, 6.07) is 3.84. The van der Waals surface area contributed by atoms with E-state index in [9.17, 15) is 0 Å². The van der Waals surface area contributed by atoms with Crippen molar-refractivity contribution in [3.8, 4) is 0 Å². The summed E-state index contributed by atoms with van der Waals surface area (Å²) in [5.41, 5.74) is 1.91. The molecule has 0 bridgehead atoms. The smallest absolute Gasteiger partial charge is 0.207 e. The van der Waals surface area contributed by atoms with Crippen LogP contribution in [0.15, 0.2) is 30.7 Å². The van der Waals surface area contributed by atoms with Gasteiger partial charge in [-0.1, -0.05) is 0 Å². The molecule has 17 heavy (non-hydrogen) atoms. The highest BCUT2D eigenvalue weighted by atomic mass is 16.5. The average molecular weight is 232 g/mol. The van der Waals surface area contributed by atoms with Crippen LogP contribution in [-0.4, -0.2) is 28.3 Å². The number of imidazole rings is 1. The molecule has 2 rings (SSSR count). The van der Waals surface area contributed by atoms with Gasteiger partial charge in [-0.3, -0.25) is 4.98 Å². The van der Waals surface area contributed by atoms with Crippen molar-refractivity contribution >= 4 is 11.6 Å². The van der Waals surface area contributed by atoms with E-state index in [0.717, 1.165) is 23.9 Å². The van der Waals surface area contributed by atoms with Gasteiger partial charge in [0.05, 0.1) is 24.2 Å². The minimum absolute atomic E-state index is 0.664. The first kappa shape index (κ1) is 11.6. The molecule has 0 aliphatic carbocycles. The third kappa shape index (κ3) is 3.04. The Morgan fingerprint density at radius 3 is 3.06 bits per heavy atom. The fourth-order valence-electron chi connectivity index (χ4n) is 1.57. The summed E-state index contributed by atoms with van der Waals surface area (Å²) in [6.07, 6.45) is 5.51. The van der Waals surface area contributed by atoms with Gasteiger partial charge < -0.3 is 14.6 Å². The number of ether oxygens (including phenoxy) is 1. The van der Waals surface area contributed by atoms with Gasteiger partial charge in [0.1, 0.15) is 0 Å². The Bertz CT molecular complexity index is 467. The summed E-state index contributed by atoms with van der Waals surface area (Å²) in [6.45, 7) is 3.41. The van der Waals surface area contributed by atoms with Crippen molar-refractivity contribution < 1.29 is 4.74 Å². The lowest BCUT2D eigenvalue weighted by molar-refractivity contribution is 0.188. The molecular formula is C12H16N4O. The van der Waals surface area contributed by atoms with Gasteiger partial charge in [0, 0.05) is 26.0 Å². The van der Waals surface area contributed by atoms with Crippen LogP contribution in [0.25, 0.3) is 0 Å². The van der Waals surface area contributed by atoms with Crippen molar-refractivity contribution in [2.24, 2.45) is 0 Å². The Labute approximate surface area is 100 Å². The quantitative estimate of drug-likeness (QED) is 0.856. The molecular weight excluding hydrogens is 216 g/mol. The number of nitrogens with zero attached hydrogens (tertiary/aromatic N) is 3. The molecule has 0 aromatic carbocycles. The highest BCUT2D eigenvalue weighted by molar-refractivity contribution is 5.52. The topological polar surface area (TPSA) is 52.0 Å². The minimum Gasteiger partial charge on any atom is -0.383 e. The van der Waals surface area contributed by atoms with Crippen LogP contribution in [-0.2, 0) is 11.3 Å². The molecule has 0 aliphatic rings. The number of hydrogen-bond donors (Lipinski definition) is 1. The zero-order valence-electron chi connectivity index (χ0n) is 10.1. The Balaban J connectivity index is 2.14. The first-order valence-electron chi connectivity index (χ1n) is 5.49. The van der Waals surface area contributed by atoms with Crippen LogP contribution in [0.1, 0.15) is 5.69 Å². The fourth-order valence-corrected chi connectivity index (χ4v) is 1.57. The Morgan fingerprint density at radius 2 is 2.35 bits per heavy atom. The van der Waals surface area contributed by atoms with Crippen LogP contribution in [0, 0.1) is 6.92 Å². The van der Waals surface area contributed by atoms with Crippen molar-refractivity contribution in [2.45, 2.75) is 13.5 Å². The van der Waals surface area contributed by atoms with Gasteiger partial charge in [0.25, 0.3) is 0 Å².